The minimum absolute atomic E-state index is 0.0941. The molecule has 15 heavy (non-hydrogen) atoms. The summed E-state index contributed by atoms with van der Waals surface area (Å²) >= 11 is 0. The summed E-state index contributed by atoms with van der Waals surface area (Å²) in [6, 6.07) is 9.12. The van der Waals surface area contributed by atoms with Crippen LogP contribution < -0.4 is 0 Å². The fourth-order valence-electron chi connectivity index (χ4n) is 0.902. The first-order valence-corrected chi connectivity index (χ1v) is 4.88. The molecule has 1 aromatic carbocycles. The van der Waals surface area contributed by atoms with Crippen LogP contribution in [0.2, 0.25) is 0 Å². The molecule has 0 N–H and O–H groups in total. The molecule has 0 spiro atoms. The van der Waals surface area contributed by atoms with Crippen molar-refractivity contribution in [2.45, 2.75) is 26.4 Å². The smallest absolute Gasteiger partial charge is 0.139 e. The van der Waals surface area contributed by atoms with Crippen LogP contribution in [0.3, 0.4) is 0 Å². The standard InChI is InChI=1S/C12H13N2O/c1-3-10(2)15-14-9-12-6-4-5-11(7-12)8-13/h4-7,10H,3H2,1-2H3. The molecule has 1 rings (SSSR count). The van der Waals surface area contributed by atoms with Gasteiger partial charge in [0.2, 0.25) is 0 Å². The van der Waals surface area contributed by atoms with E-state index in [0.29, 0.717) is 5.56 Å². The molecule has 0 fully saturated rings. The van der Waals surface area contributed by atoms with E-state index in [2.05, 4.69) is 17.4 Å². The Kier molecular flexibility index (Phi) is 4.36. The number of benzene rings is 1. The lowest BCUT2D eigenvalue weighted by atomic mass is 10.1. The number of nitrogens with zero attached hydrogens (tertiary/aromatic N) is 2. The van der Waals surface area contributed by atoms with E-state index in [4.69, 9.17) is 10.1 Å². The minimum Gasteiger partial charge on any atom is -0.392 e. The van der Waals surface area contributed by atoms with Gasteiger partial charge in [0.05, 0.1) is 11.6 Å². The molecule has 1 atom stereocenters. The molecule has 1 radical (unpaired) electrons. The summed E-state index contributed by atoms with van der Waals surface area (Å²) < 4.78 is 0. The van der Waals surface area contributed by atoms with E-state index in [1.807, 2.05) is 19.9 Å². The average molecular weight is 201 g/mol. The topological polar surface area (TPSA) is 45.4 Å². The summed E-state index contributed by atoms with van der Waals surface area (Å²) in [5, 5.41) is 12.4. The zero-order valence-electron chi connectivity index (χ0n) is 8.90. The fourth-order valence-corrected chi connectivity index (χ4v) is 0.902. The number of nitriles is 1. The first-order valence-electron chi connectivity index (χ1n) is 4.88. The average Bonchev–Trinajstić information content (AvgIpc) is 2.29. The Morgan fingerprint density at radius 1 is 1.47 bits per heavy atom. The maximum absolute atomic E-state index is 8.67. The third-order valence-corrected chi connectivity index (χ3v) is 1.97. The van der Waals surface area contributed by atoms with Gasteiger partial charge in [-0.25, -0.2) is 0 Å². The third kappa shape index (κ3) is 3.82. The van der Waals surface area contributed by atoms with Crippen molar-refractivity contribution >= 4 is 6.21 Å². The first-order chi connectivity index (χ1) is 7.26. The van der Waals surface area contributed by atoms with Gasteiger partial charge in [0.1, 0.15) is 12.3 Å². The van der Waals surface area contributed by atoms with Crippen LogP contribution in [0.25, 0.3) is 0 Å². The van der Waals surface area contributed by atoms with Crippen molar-refractivity contribution in [1.29, 1.82) is 5.26 Å². The minimum atomic E-state index is 0.0941. The van der Waals surface area contributed by atoms with Gasteiger partial charge in [-0.15, -0.1) is 0 Å². The van der Waals surface area contributed by atoms with E-state index in [1.165, 1.54) is 0 Å². The third-order valence-electron chi connectivity index (χ3n) is 1.97. The molecular formula is C12H13N2O. The predicted molar refractivity (Wildman–Crippen MR) is 58.5 cm³/mol. The van der Waals surface area contributed by atoms with Crippen molar-refractivity contribution in [2.75, 3.05) is 0 Å². The van der Waals surface area contributed by atoms with Gasteiger partial charge in [-0.3, -0.25) is 0 Å². The Bertz CT molecular complexity index is 379. The maximum Gasteiger partial charge on any atom is 0.139 e. The molecule has 0 aliphatic rings. The highest BCUT2D eigenvalue weighted by molar-refractivity contribution is 5.79. The predicted octanol–water partition coefficient (Wildman–Crippen LogP) is 2.58. The second-order valence-electron chi connectivity index (χ2n) is 3.22. The molecule has 0 saturated heterocycles. The molecule has 0 saturated carbocycles. The summed E-state index contributed by atoms with van der Waals surface area (Å²) in [6.07, 6.45) is 3.74. The molecule has 0 aliphatic carbocycles. The van der Waals surface area contributed by atoms with Crippen molar-refractivity contribution in [3.8, 4) is 6.07 Å². The van der Waals surface area contributed by atoms with Crippen molar-refractivity contribution in [2.24, 2.45) is 5.16 Å². The van der Waals surface area contributed by atoms with Crippen molar-refractivity contribution in [3.05, 3.63) is 35.4 Å². The fraction of sp³-hybridized carbons (Fsp3) is 0.333. The van der Waals surface area contributed by atoms with Crippen LogP contribution in [0.4, 0.5) is 0 Å². The van der Waals surface area contributed by atoms with E-state index in [0.717, 1.165) is 12.0 Å². The Hall–Kier alpha value is -1.82. The maximum atomic E-state index is 8.67. The normalized spacial score (nSPS) is 12.3. The second kappa shape index (κ2) is 5.82. The van der Waals surface area contributed by atoms with Crippen LogP contribution in [0.1, 0.15) is 31.4 Å². The lowest BCUT2D eigenvalue weighted by Gasteiger charge is -2.03. The van der Waals surface area contributed by atoms with E-state index < -0.39 is 0 Å². The largest absolute Gasteiger partial charge is 0.392 e. The molecule has 0 heterocycles. The lowest BCUT2D eigenvalue weighted by molar-refractivity contribution is 0.0712. The van der Waals surface area contributed by atoms with Gasteiger partial charge in [-0.05, 0) is 25.5 Å². The van der Waals surface area contributed by atoms with Gasteiger partial charge in [0.25, 0.3) is 0 Å². The van der Waals surface area contributed by atoms with Gasteiger partial charge in [-0.1, -0.05) is 24.2 Å². The molecule has 0 amide bonds. The zero-order chi connectivity index (χ0) is 11.1. The molecule has 77 valence electrons. The quantitative estimate of drug-likeness (QED) is 0.555. The van der Waals surface area contributed by atoms with Crippen molar-refractivity contribution < 1.29 is 4.84 Å². The molecule has 1 unspecified atom stereocenters. The van der Waals surface area contributed by atoms with Gasteiger partial charge in [-0.2, -0.15) is 5.26 Å². The summed E-state index contributed by atoms with van der Waals surface area (Å²) in [5.41, 5.74) is 1.34. The molecule has 3 heteroatoms. The summed E-state index contributed by atoms with van der Waals surface area (Å²) in [4.78, 5) is 5.10. The van der Waals surface area contributed by atoms with Crippen LogP contribution in [0.15, 0.2) is 29.4 Å². The van der Waals surface area contributed by atoms with Crippen LogP contribution in [-0.4, -0.2) is 12.3 Å². The highest BCUT2D eigenvalue weighted by atomic mass is 16.6. The van der Waals surface area contributed by atoms with Crippen molar-refractivity contribution in [3.63, 3.8) is 0 Å². The number of hydrogen-bond donors (Lipinski definition) is 0. The van der Waals surface area contributed by atoms with Gasteiger partial charge in [0.15, 0.2) is 0 Å². The van der Waals surface area contributed by atoms with E-state index >= 15 is 0 Å². The van der Waals surface area contributed by atoms with E-state index in [1.54, 1.807) is 18.2 Å². The van der Waals surface area contributed by atoms with Crippen LogP contribution in [-0.2, 0) is 4.84 Å². The zero-order valence-corrected chi connectivity index (χ0v) is 8.90. The Morgan fingerprint density at radius 3 is 2.87 bits per heavy atom. The van der Waals surface area contributed by atoms with Gasteiger partial charge < -0.3 is 4.84 Å². The summed E-state index contributed by atoms with van der Waals surface area (Å²) in [7, 11) is 0. The molecule has 0 bridgehead atoms. The van der Waals surface area contributed by atoms with Crippen molar-refractivity contribution in [1.82, 2.24) is 0 Å². The van der Waals surface area contributed by atoms with Gasteiger partial charge >= 0.3 is 0 Å². The van der Waals surface area contributed by atoms with Gasteiger partial charge in [0, 0.05) is 5.56 Å². The number of hydrogen-bond acceptors (Lipinski definition) is 3. The molecule has 1 aromatic rings. The molecular weight excluding hydrogens is 188 g/mol. The van der Waals surface area contributed by atoms with E-state index in [9.17, 15) is 0 Å². The SMILES string of the molecule is CCC(C)O/N=[C]/c1cccc(C#N)c1. The number of rotatable bonds is 4. The highest BCUT2D eigenvalue weighted by Gasteiger charge is 1.96. The Labute approximate surface area is 90.0 Å². The lowest BCUT2D eigenvalue weighted by Crippen LogP contribution is -2.01. The van der Waals surface area contributed by atoms with Crippen LogP contribution in [0, 0.1) is 11.3 Å². The monoisotopic (exact) mass is 201 g/mol. The Morgan fingerprint density at radius 2 is 2.20 bits per heavy atom. The summed E-state index contributed by atoms with van der Waals surface area (Å²) in [5.74, 6) is 0. The molecule has 0 aliphatic heterocycles. The van der Waals surface area contributed by atoms with Crippen LogP contribution in [0.5, 0.6) is 0 Å². The molecule has 0 aromatic heterocycles. The van der Waals surface area contributed by atoms with Crippen LogP contribution >= 0.6 is 0 Å². The highest BCUT2D eigenvalue weighted by Crippen LogP contribution is 2.02. The summed E-state index contributed by atoms with van der Waals surface area (Å²) in [6.45, 7) is 3.97. The first kappa shape index (κ1) is 11.3. The second-order valence-corrected chi connectivity index (χ2v) is 3.22. The Balaban J connectivity index is 2.61. The van der Waals surface area contributed by atoms with E-state index in [-0.39, 0.29) is 6.10 Å². The molecule has 3 nitrogen and oxygen atoms in total.